The fraction of sp³-hybridized carbons (Fsp3) is 0.242. The van der Waals surface area contributed by atoms with Gasteiger partial charge in [0.1, 0.15) is 11.3 Å². The molecule has 0 aliphatic carbocycles. The number of piperidine rings is 1. The topological polar surface area (TPSA) is 114 Å². The van der Waals surface area contributed by atoms with E-state index in [-0.39, 0.29) is 11.5 Å². The molecule has 10 heteroatoms. The Morgan fingerprint density at radius 1 is 1.00 bits per heavy atom. The molecule has 1 fully saturated rings. The molecule has 1 saturated heterocycles. The smallest absolute Gasteiger partial charge is 0.269 e. The number of rotatable bonds is 7. The monoisotopic (exact) mass is 593 g/mol. The maximum atomic E-state index is 13.7. The van der Waals surface area contributed by atoms with Crippen molar-refractivity contribution in [3.05, 3.63) is 99.7 Å². The van der Waals surface area contributed by atoms with Crippen LogP contribution in [0.15, 0.2) is 77.9 Å². The lowest BCUT2D eigenvalue weighted by Crippen LogP contribution is -2.26. The predicted molar refractivity (Wildman–Crippen MR) is 171 cm³/mol. The normalized spacial score (nSPS) is 13.7. The average Bonchev–Trinajstić information content (AvgIpc) is 3.05. The molecule has 0 unspecified atom stereocenters. The number of anilines is 2. The third-order valence-electron chi connectivity index (χ3n) is 7.93. The predicted octanol–water partition coefficient (Wildman–Crippen LogP) is 5.76. The number of halogens is 1. The molecule has 0 bridgehead atoms. The zero-order valence-corrected chi connectivity index (χ0v) is 24.8. The number of fused-ring (bicyclic) bond motifs is 1. The van der Waals surface area contributed by atoms with Crippen LogP contribution in [0.5, 0.6) is 0 Å². The van der Waals surface area contributed by atoms with E-state index >= 15 is 0 Å². The lowest BCUT2D eigenvalue weighted by atomic mass is 9.90. The van der Waals surface area contributed by atoms with Crippen LogP contribution >= 0.6 is 11.6 Å². The van der Waals surface area contributed by atoms with E-state index in [1.165, 1.54) is 5.56 Å². The van der Waals surface area contributed by atoms with Crippen LogP contribution in [-0.4, -0.2) is 45.6 Å². The molecule has 1 aliphatic rings. The molecular weight excluding hydrogens is 562 g/mol. The summed E-state index contributed by atoms with van der Waals surface area (Å²) < 4.78 is 1.64. The van der Waals surface area contributed by atoms with E-state index in [0.717, 1.165) is 48.1 Å². The second-order valence-corrected chi connectivity index (χ2v) is 11.0. The maximum absolute atomic E-state index is 13.7. The fourth-order valence-electron chi connectivity index (χ4n) is 5.60. The minimum atomic E-state index is -0.271. The highest BCUT2D eigenvalue weighted by Gasteiger charge is 2.17. The maximum Gasteiger partial charge on any atom is 0.269 e. The Kier molecular flexibility index (Phi) is 8.18. The lowest BCUT2D eigenvalue weighted by molar-refractivity contribution is 0.0958. The summed E-state index contributed by atoms with van der Waals surface area (Å²) in [6.45, 7) is 4.46. The number of benzene rings is 2. The molecule has 9 nitrogen and oxygen atoms in total. The summed E-state index contributed by atoms with van der Waals surface area (Å²) in [5, 5.41) is 10.4. The highest BCUT2D eigenvalue weighted by molar-refractivity contribution is 6.33. The highest BCUT2D eigenvalue weighted by atomic mass is 35.5. The van der Waals surface area contributed by atoms with Gasteiger partial charge in [0, 0.05) is 53.2 Å². The highest BCUT2D eigenvalue weighted by Crippen LogP contribution is 2.32. The first-order valence-corrected chi connectivity index (χ1v) is 14.8. The number of nitrogens with one attached hydrogen (secondary N) is 3. The molecule has 3 aromatic heterocycles. The fourth-order valence-corrected chi connectivity index (χ4v) is 5.89. The van der Waals surface area contributed by atoms with Crippen molar-refractivity contribution >= 4 is 40.2 Å². The van der Waals surface area contributed by atoms with Gasteiger partial charge in [0.2, 0.25) is 5.95 Å². The summed E-state index contributed by atoms with van der Waals surface area (Å²) in [6, 6.07) is 19.2. The van der Waals surface area contributed by atoms with Crippen molar-refractivity contribution in [3.63, 3.8) is 0 Å². The number of amides is 1. The first kappa shape index (κ1) is 28.5. The molecule has 43 heavy (non-hydrogen) atoms. The van der Waals surface area contributed by atoms with E-state index in [0.29, 0.717) is 45.9 Å². The molecule has 0 spiro atoms. The number of aryl methyl sites for hydroxylation is 1. The van der Waals surface area contributed by atoms with Crippen LogP contribution < -0.4 is 21.5 Å². The van der Waals surface area contributed by atoms with Gasteiger partial charge in [-0.25, -0.2) is 4.98 Å². The van der Waals surface area contributed by atoms with Gasteiger partial charge >= 0.3 is 0 Å². The minimum absolute atomic E-state index is 0.188. The molecule has 3 N–H and O–H groups in total. The van der Waals surface area contributed by atoms with Gasteiger partial charge in [-0.3, -0.25) is 19.1 Å². The molecule has 0 atom stereocenters. The van der Waals surface area contributed by atoms with Gasteiger partial charge < -0.3 is 16.0 Å². The standard InChI is InChI=1S/C33H32ClN7O2/c1-3-41-30-24(19-38-33(40-30)39-25-7-4-20(5-8-25)21-10-13-36-14-11-21)16-27(32(41)43)26-9-6-22(17-28(26)34)23-12-15-37-29(18-23)31(42)35-2/h4-9,12,15-19,21,36H,3,10-11,13-14H2,1-2H3,(H,35,42)(H,38,39,40). The van der Waals surface area contributed by atoms with Gasteiger partial charge in [0.15, 0.2) is 0 Å². The lowest BCUT2D eigenvalue weighted by Gasteiger charge is -2.23. The molecule has 5 aromatic rings. The number of hydrogen-bond acceptors (Lipinski definition) is 7. The quantitative estimate of drug-likeness (QED) is 0.220. The summed E-state index contributed by atoms with van der Waals surface area (Å²) >= 11 is 6.75. The van der Waals surface area contributed by atoms with E-state index in [1.807, 2.05) is 25.1 Å². The third-order valence-corrected chi connectivity index (χ3v) is 8.25. The van der Waals surface area contributed by atoms with Crippen LogP contribution in [0.1, 0.15) is 41.7 Å². The molecule has 4 heterocycles. The Bertz CT molecular complexity index is 1860. The summed E-state index contributed by atoms with van der Waals surface area (Å²) in [4.78, 5) is 39.1. The summed E-state index contributed by atoms with van der Waals surface area (Å²) in [7, 11) is 1.56. The van der Waals surface area contributed by atoms with Gasteiger partial charge in [0.25, 0.3) is 11.5 Å². The molecule has 1 aliphatic heterocycles. The second-order valence-electron chi connectivity index (χ2n) is 10.6. The number of carbonyl (C=O) groups is 1. The van der Waals surface area contributed by atoms with Crippen LogP contribution in [0.2, 0.25) is 5.02 Å². The van der Waals surface area contributed by atoms with Crippen molar-refractivity contribution in [2.75, 3.05) is 25.5 Å². The zero-order chi connectivity index (χ0) is 29.9. The number of aromatic nitrogens is 4. The van der Waals surface area contributed by atoms with Crippen LogP contribution in [-0.2, 0) is 6.54 Å². The first-order valence-electron chi connectivity index (χ1n) is 14.4. The number of hydrogen-bond donors (Lipinski definition) is 3. The van der Waals surface area contributed by atoms with Gasteiger partial charge in [-0.05, 0) is 91.9 Å². The van der Waals surface area contributed by atoms with E-state index in [4.69, 9.17) is 16.6 Å². The van der Waals surface area contributed by atoms with Crippen molar-refractivity contribution in [2.24, 2.45) is 0 Å². The van der Waals surface area contributed by atoms with Gasteiger partial charge in [-0.15, -0.1) is 0 Å². The Morgan fingerprint density at radius 2 is 1.77 bits per heavy atom. The van der Waals surface area contributed by atoms with Crippen LogP contribution in [0, 0.1) is 0 Å². The number of pyridine rings is 2. The summed E-state index contributed by atoms with van der Waals surface area (Å²) in [5.41, 5.74) is 5.58. The van der Waals surface area contributed by atoms with Crippen LogP contribution in [0.25, 0.3) is 33.3 Å². The van der Waals surface area contributed by atoms with E-state index in [1.54, 1.807) is 42.2 Å². The van der Waals surface area contributed by atoms with E-state index < -0.39 is 0 Å². The average molecular weight is 594 g/mol. The zero-order valence-electron chi connectivity index (χ0n) is 24.0. The van der Waals surface area contributed by atoms with Crippen molar-refractivity contribution < 1.29 is 4.79 Å². The Balaban J connectivity index is 1.29. The second kappa shape index (κ2) is 12.3. The van der Waals surface area contributed by atoms with Crippen molar-refractivity contribution in [1.82, 2.24) is 30.2 Å². The molecular formula is C33H32ClN7O2. The Morgan fingerprint density at radius 3 is 2.49 bits per heavy atom. The molecule has 1 amide bonds. The van der Waals surface area contributed by atoms with Crippen molar-refractivity contribution in [1.29, 1.82) is 0 Å². The molecule has 2 aromatic carbocycles. The number of nitrogens with zero attached hydrogens (tertiary/aromatic N) is 4. The molecule has 6 rings (SSSR count). The van der Waals surface area contributed by atoms with Crippen LogP contribution in [0.4, 0.5) is 11.6 Å². The van der Waals surface area contributed by atoms with Crippen molar-refractivity contribution in [3.8, 4) is 22.3 Å². The minimum Gasteiger partial charge on any atom is -0.354 e. The Labute approximate surface area is 254 Å². The summed E-state index contributed by atoms with van der Waals surface area (Å²) in [6.07, 6.45) is 5.61. The largest absolute Gasteiger partial charge is 0.354 e. The molecule has 218 valence electrons. The van der Waals surface area contributed by atoms with Gasteiger partial charge in [0.05, 0.1) is 0 Å². The van der Waals surface area contributed by atoms with Crippen molar-refractivity contribution in [2.45, 2.75) is 32.2 Å². The van der Waals surface area contributed by atoms with E-state index in [9.17, 15) is 9.59 Å². The SMILES string of the molecule is CCn1c(=O)c(-c2ccc(-c3ccnc(C(=O)NC)c3)cc2Cl)cc2cnc(Nc3ccc(C4CCNCC4)cc3)nc21. The van der Waals surface area contributed by atoms with Crippen LogP contribution in [0.3, 0.4) is 0 Å². The molecule has 0 saturated carbocycles. The third kappa shape index (κ3) is 5.86. The van der Waals surface area contributed by atoms with Gasteiger partial charge in [-0.1, -0.05) is 35.9 Å². The molecule has 0 radical (unpaired) electrons. The van der Waals surface area contributed by atoms with Gasteiger partial charge in [-0.2, -0.15) is 4.98 Å². The van der Waals surface area contributed by atoms with E-state index in [2.05, 4.69) is 50.2 Å². The Hall–Kier alpha value is -4.60. The first-order chi connectivity index (χ1) is 20.9. The number of carbonyl (C=O) groups excluding carboxylic acids is 1. The summed E-state index contributed by atoms with van der Waals surface area (Å²) in [5.74, 6) is 0.738.